The lowest BCUT2D eigenvalue weighted by Crippen LogP contribution is -2.43. The second kappa shape index (κ2) is 7.59. The molecule has 1 aromatic heterocycles. The summed E-state index contributed by atoms with van der Waals surface area (Å²) >= 11 is 0. The number of nitrogen functional groups attached to an aromatic ring is 1. The molecule has 0 aliphatic heterocycles. The summed E-state index contributed by atoms with van der Waals surface area (Å²) in [5.74, 6) is 0.0403. The highest BCUT2D eigenvalue weighted by molar-refractivity contribution is 5.39. The normalized spacial score (nSPS) is 10.9. The van der Waals surface area contributed by atoms with Gasteiger partial charge < -0.3 is 10.8 Å². The lowest BCUT2D eigenvalue weighted by molar-refractivity contribution is 0.259. The molecule has 0 saturated carbocycles. The van der Waals surface area contributed by atoms with Gasteiger partial charge in [-0.3, -0.25) is 4.57 Å². The van der Waals surface area contributed by atoms with Crippen LogP contribution in [0.3, 0.4) is 0 Å². The minimum atomic E-state index is -0.670. The van der Waals surface area contributed by atoms with Gasteiger partial charge in [0, 0.05) is 5.69 Å². The molecule has 3 N–H and O–H groups in total. The van der Waals surface area contributed by atoms with E-state index in [1.165, 1.54) is 4.57 Å². The molecule has 0 amide bonds. The van der Waals surface area contributed by atoms with E-state index in [1.807, 2.05) is 32.0 Å². The Bertz CT molecular complexity index is 1060. The van der Waals surface area contributed by atoms with Gasteiger partial charge in [-0.25, -0.2) is 14.2 Å². The summed E-state index contributed by atoms with van der Waals surface area (Å²) in [4.78, 5) is 29.2. The SMILES string of the molecule is Cc1cc(C)cc(Cn2c(=O)nc(CO)n(Cc3ccc(N)cc3)c2=O)c1. The van der Waals surface area contributed by atoms with Crippen molar-refractivity contribution in [3.8, 4) is 0 Å². The average molecular weight is 366 g/mol. The number of aliphatic hydroxyl groups excluding tert-OH is 1. The fourth-order valence-corrected chi connectivity index (χ4v) is 3.13. The van der Waals surface area contributed by atoms with Gasteiger partial charge in [-0.1, -0.05) is 41.5 Å². The van der Waals surface area contributed by atoms with E-state index in [2.05, 4.69) is 4.98 Å². The zero-order valence-corrected chi connectivity index (χ0v) is 15.3. The van der Waals surface area contributed by atoms with E-state index in [9.17, 15) is 14.7 Å². The van der Waals surface area contributed by atoms with Crippen LogP contribution in [-0.4, -0.2) is 19.2 Å². The number of aryl methyl sites for hydroxylation is 2. The second-order valence-corrected chi connectivity index (χ2v) is 6.66. The molecule has 0 aliphatic carbocycles. The molecule has 7 heteroatoms. The Balaban J connectivity index is 2.05. The van der Waals surface area contributed by atoms with Crippen LogP contribution < -0.4 is 17.1 Å². The molecule has 0 fully saturated rings. The van der Waals surface area contributed by atoms with E-state index in [-0.39, 0.29) is 18.9 Å². The fraction of sp³-hybridized carbons (Fsp3) is 0.250. The predicted octanol–water partition coefficient (Wildman–Crippen LogP) is 1.19. The van der Waals surface area contributed by atoms with E-state index >= 15 is 0 Å². The number of hydrogen-bond donors (Lipinski definition) is 2. The molecular formula is C20H22N4O3. The third kappa shape index (κ3) is 4.15. The van der Waals surface area contributed by atoms with Crippen LogP contribution >= 0.6 is 0 Å². The van der Waals surface area contributed by atoms with E-state index in [4.69, 9.17) is 5.73 Å². The van der Waals surface area contributed by atoms with Gasteiger partial charge in [-0.05, 0) is 37.1 Å². The number of aromatic nitrogens is 3. The van der Waals surface area contributed by atoms with Crippen molar-refractivity contribution in [2.45, 2.75) is 33.5 Å². The summed E-state index contributed by atoms with van der Waals surface area (Å²) < 4.78 is 2.40. The van der Waals surface area contributed by atoms with Gasteiger partial charge in [-0.15, -0.1) is 0 Å². The molecule has 0 saturated heterocycles. The zero-order chi connectivity index (χ0) is 19.6. The van der Waals surface area contributed by atoms with Crippen molar-refractivity contribution in [3.05, 3.63) is 91.5 Å². The smallest absolute Gasteiger partial charge is 0.353 e. The highest BCUT2D eigenvalue weighted by Gasteiger charge is 2.13. The summed E-state index contributed by atoms with van der Waals surface area (Å²) in [7, 11) is 0. The van der Waals surface area contributed by atoms with Crippen LogP contribution in [-0.2, 0) is 19.7 Å². The quantitative estimate of drug-likeness (QED) is 0.660. The minimum Gasteiger partial charge on any atom is -0.399 e. The van der Waals surface area contributed by atoms with Crippen molar-refractivity contribution >= 4 is 5.69 Å². The zero-order valence-electron chi connectivity index (χ0n) is 15.3. The number of nitrogens with two attached hydrogens (primary N) is 1. The van der Waals surface area contributed by atoms with Crippen LogP contribution in [0.4, 0.5) is 5.69 Å². The fourth-order valence-electron chi connectivity index (χ4n) is 3.13. The number of nitrogens with zero attached hydrogens (tertiary/aromatic N) is 3. The Labute approximate surface area is 156 Å². The molecule has 27 heavy (non-hydrogen) atoms. The standard InChI is InChI=1S/C20H22N4O3/c1-13-7-14(2)9-16(8-13)11-24-19(26)22-18(12-25)23(20(24)27)10-15-3-5-17(21)6-4-15/h3-9,25H,10-12,21H2,1-2H3. The molecule has 2 aromatic carbocycles. The predicted molar refractivity (Wildman–Crippen MR) is 104 cm³/mol. The van der Waals surface area contributed by atoms with Gasteiger partial charge in [0.15, 0.2) is 0 Å². The molecule has 1 heterocycles. The first-order chi connectivity index (χ1) is 12.9. The molecule has 0 spiro atoms. The van der Waals surface area contributed by atoms with E-state index in [0.29, 0.717) is 5.69 Å². The number of hydrogen-bond acceptors (Lipinski definition) is 5. The van der Waals surface area contributed by atoms with Crippen LogP contribution in [0.1, 0.15) is 28.1 Å². The van der Waals surface area contributed by atoms with E-state index in [1.54, 1.807) is 24.3 Å². The molecule has 3 rings (SSSR count). The highest BCUT2D eigenvalue weighted by atomic mass is 16.3. The van der Waals surface area contributed by atoms with Gasteiger partial charge >= 0.3 is 11.4 Å². The van der Waals surface area contributed by atoms with Gasteiger partial charge in [0.25, 0.3) is 0 Å². The number of aliphatic hydroxyl groups is 1. The maximum atomic E-state index is 13.0. The Morgan fingerprint density at radius 1 is 0.926 bits per heavy atom. The summed E-state index contributed by atoms with van der Waals surface area (Å²) in [5.41, 5.74) is 8.92. The van der Waals surface area contributed by atoms with Crippen molar-refractivity contribution in [3.63, 3.8) is 0 Å². The second-order valence-electron chi connectivity index (χ2n) is 6.66. The van der Waals surface area contributed by atoms with Crippen LogP contribution in [0.2, 0.25) is 0 Å². The van der Waals surface area contributed by atoms with Crippen molar-refractivity contribution in [2.24, 2.45) is 0 Å². The summed E-state index contributed by atoms with van der Waals surface area (Å²) in [5, 5.41) is 9.55. The third-order valence-corrected chi connectivity index (χ3v) is 4.31. The Hall–Kier alpha value is -3.19. The monoisotopic (exact) mass is 366 g/mol. The van der Waals surface area contributed by atoms with Crippen LogP contribution in [0.25, 0.3) is 0 Å². The van der Waals surface area contributed by atoms with Gasteiger partial charge in [0.05, 0.1) is 13.1 Å². The van der Waals surface area contributed by atoms with Crippen molar-refractivity contribution in [1.29, 1.82) is 0 Å². The maximum Gasteiger partial charge on any atom is 0.353 e. The topological polar surface area (TPSA) is 103 Å². The maximum absolute atomic E-state index is 13.0. The van der Waals surface area contributed by atoms with Crippen molar-refractivity contribution in [1.82, 2.24) is 14.1 Å². The van der Waals surface area contributed by atoms with Crippen LogP contribution in [0.15, 0.2) is 52.1 Å². The Morgan fingerprint density at radius 3 is 2.11 bits per heavy atom. The van der Waals surface area contributed by atoms with Gasteiger partial charge in [0.2, 0.25) is 0 Å². The lowest BCUT2D eigenvalue weighted by Gasteiger charge is -2.14. The van der Waals surface area contributed by atoms with Gasteiger partial charge in [-0.2, -0.15) is 4.98 Å². The molecular weight excluding hydrogens is 344 g/mol. The van der Waals surface area contributed by atoms with E-state index in [0.717, 1.165) is 26.8 Å². The Kier molecular flexibility index (Phi) is 5.23. The molecule has 0 atom stereocenters. The number of anilines is 1. The molecule has 3 aromatic rings. The first kappa shape index (κ1) is 18.6. The number of benzene rings is 2. The lowest BCUT2D eigenvalue weighted by atomic mass is 10.1. The third-order valence-electron chi connectivity index (χ3n) is 4.31. The minimum absolute atomic E-state index is 0.0403. The molecule has 0 unspecified atom stereocenters. The molecule has 7 nitrogen and oxygen atoms in total. The average Bonchev–Trinajstić information content (AvgIpc) is 2.61. The van der Waals surface area contributed by atoms with E-state index < -0.39 is 18.0 Å². The molecule has 0 bridgehead atoms. The highest BCUT2D eigenvalue weighted by Crippen LogP contribution is 2.10. The molecule has 0 aliphatic rings. The van der Waals surface area contributed by atoms with Crippen molar-refractivity contribution in [2.75, 3.05) is 5.73 Å². The van der Waals surface area contributed by atoms with Crippen LogP contribution in [0.5, 0.6) is 0 Å². The largest absolute Gasteiger partial charge is 0.399 e. The first-order valence-electron chi connectivity index (χ1n) is 8.60. The first-order valence-corrected chi connectivity index (χ1v) is 8.60. The number of rotatable bonds is 5. The molecule has 0 radical (unpaired) electrons. The van der Waals surface area contributed by atoms with Crippen molar-refractivity contribution < 1.29 is 5.11 Å². The summed E-state index contributed by atoms with van der Waals surface area (Å²) in [6.45, 7) is 3.75. The van der Waals surface area contributed by atoms with Crippen LogP contribution in [0, 0.1) is 13.8 Å². The van der Waals surface area contributed by atoms with Gasteiger partial charge in [0.1, 0.15) is 12.4 Å². The summed E-state index contributed by atoms with van der Waals surface area (Å²) in [6.07, 6.45) is 0. The summed E-state index contributed by atoms with van der Waals surface area (Å²) in [6, 6.07) is 12.9. The molecule has 140 valence electrons. The Morgan fingerprint density at radius 2 is 1.52 bits per heavy atom.